The first-order chi connectivity index (χ1) is 7.36. The molecule has 1 aliphatic carbocycles. The average molecular weight is 197 g/mol. The molecule has 0 spiro atoms. The quantitative estimate of drug-likeness (QED) is 0.681. The van der Waals surface area contributed by atoms with E-state index >= 15 is 0 Å². The summed E-state index contributed by atoms with van der Waals surface area (Å²) < 4.78 is 0. The third-order valence-electron chi connectivity index (χ3n) is 2.96. The molecule has 1 aromatic rings. The maximum atomic E-state index is 9.73. The fourth-order valence-corrected chi connectivity index (χ4v) is 2.20. The number of nitrogens with zero attached hydrogens (tertiary/aromatic N) is 1. The van der Waals surface area contributed by atoms with Gasteiger partial charge >= 0.3 is 0 Å². The van der Waals surface area contributed by atoms with Gasteiger partial charge < -0.3 is 5.11 Å². The largest absolute Gasteiger partial charge is 0.510 e. The van der Waals surface area contributed by atoms with Crippen molar-refractivity contribution in [2.45, 2.75) is 12.0 Å². The molecule has 74 valence electrons. The molecular formula is C13H11NO. The molecule has 15 heavy (non-hydrogen) atoms. The molecule has 1 N–H and O–H groups in total. The van der Waals surface area contributed by atoms with E-state index < -0.39 is 0 Å². The second-order valence-electron chi connectivity index (χ2n) is 3.85. The number of fused-ring (bicyclic) bond motifs is 3. The van der Waals surface area contributed by atoms with Crippen LogP contribution < -0.4 is 0 Å². The molecule has 3 rings (SSSR count). The molecule has 0 saturated heterocycles. The van der Waals surface area contributed by atoms with Gasteiger partial charge in [0.1, 0.15) is 11.8 Å². The van der Waals surface area contributed by atoms with Gasteiger partial charge in [0.25, 0.3) is 0 Å². The van der Waals surface area contributed by atoms with Crippen LogP contribution in [0.15, 0.2) is 53.2 Å². The van der Waals surface area contributed by atoms with Gasteiger partial charge in [0.15, 0.2) is 0 Å². The van der Waals surface area contributed by atoms with E-state index in [0.29, 0.717) is 5.76 Å². The summed E-state index contributed by atoms with van der Waals surface area (Å²) >= 11 is 0. The predicted octanol–water partition coefficient (Wildman–Crippen LogP) is 2.58. The van der Waals surface area contributed by atoms with Gasteiger partial charge in [-0.15, -0.1) is 0 Å². The Morgan fingerprint density at radius 3 is 3.00 bits per heavy atom. The highest BCUT2D eigenvalue weighted by Crippen LogP contribution is 2.34. The van der Waals surface area contributed by atoms with Crippen LogP contribution in [-0.4, -0.2) is 17.4 Å². The molecule has 2 atom stereocenters. The van der Waals surface area contributed by atoms with Crippen molar-refractivity contribution in [2.75, 3.05) is 0 Å². The summed E-state index contributed by atoms with van der Waals surface area (Å²) in [5.41, 5.74) is 2.39. The van der Waals surface area contributed by atoms with Crippen LogP contribution in [-0.2, 0) is 0 Å². The van der Waals surface area contributed by atoms with Gasteiger partial charge in [0.05, 0.1) is 0 Å². The van der Waals surface area contributed by atoms with Crippen LogP contribution in [0.5, 0.6) is 0 Å². The van der Waals surface area contributed by atoms with Crippen LogP contribution in [0.4, 0.5) is 0 Å². The monoisotopic (exact) mass is 197 g/mol. The summed E-state index contributed by atoms with van der Waals surface area (Å²) in [7, 11) is 0. The molecule has 0 radical (unpaired) electrons. The zero-order valence-electron chi connectivity index (χ0n) is 8.17. The van der Waals surface area contributed by atoms with Gasteiger partial charge in [-0.1, -0.05) is 36.4 Å². The average Bonchev–Trinajstić information content (AvgIpc) is 2.29. The first kappa shape index (κ1) is 8.48. The van der Waals surface area contributed by atoms with Gasteiger partial charge in [-0.3, -0.25) is 4.99 Å². The maximum absolute atomic E-state index is 9.73. The number of rotatable bonds is 0. The highest BCUT2D eigenvalue weighted by Gasteiger charge is 2.29. The number of aliphatic hydroxyl groups is 1. The molecule has 0 bridgehead atoms. The topological polar surface area (TPSA) is 32.6 Å². The van der Waals surface area contributed by atoms with Crippen molar-refractivity contribution in [3.05, 3.63) is 59.4 Å². The van der Waals surface area contributed by atoms with Gasteiger partial charge in [-0.05, 0) is 17.2 Å². The molecule has 2 unspecified atom stereocenters. The molecular weight excluding hydrogens is 186 g/mol. The minimum Gasteiger partial charge on any atom is -0.510 e. The van der Waals surface area contributed by atoms with E-state index in [1.165, 1.54) is 5.56 Å². The van der Waals surface area contributed by atoms with Crippen molar-refractivity contribution in [1.29, 1.82) is 0 Å². The van der Waals surface area contributed by atoms with E-state index in [-0.39, 0.29) is 12.0 Å². The van der Waals surface area contributed by atoms with Gasteiger partial charge in [-0.2, -0.15) is 0 Å². The van der Waals surface area contributed by atoms with Crippen molar-refractivity contribution in [1.82, 2.24) is 0 Å². The fraction of sp³-hybridized carbons (Fsp3) is 0.154. The highest BCUT2D eigenvalue weighted by molar-refractivity contribution is 5.84. The molecule has 0 saturated carbocycles. The van der Waals surface area contributed by atoms with Crippen molar-refractivity contribution < 1.29 is 5.11 Å². The molecule has 0 aromatic heterocycles. The van der Waals surface area contributed by atoms with Crippen molar-refractivity contribution in [3.8, 4) is 0 Å². The smallest absolute Gasteiger partial charge is 0.118 e. The lowest BCUT2D eigenvalue weighted by Gasteiger charge is -2.28. The number of aliphatic hydroxyl groups excluding tert-OH is 1. The van der Waals surface area contributed by atoms with Gasteiger partial charge in [-0.25, -0.2) is 0 Å². The normalized spacial score (nSPS) is 26.8. The number of allylic oxidation sites excluding steroid dienone is 2. The predicted molar refractivity (Wildman–Crippen MR) is 60.4 cm³/mol. The maximum Gasteiger partial charge on any atom is 0.118 e. The first-order valence-corrected chi connectivity index (χ1v) is 5.06. The van der Waals surface area contributed by atoms with Crippen LogP contribution in [0.2, 0.25) is 0 Å². The van der Waals surface area contributed by atoms with Gasteiger partial charge in [0, 0.05) is 12.1 Å². The van der Waals surface area contributed by atoms with E-state index in [0.717, 1.165) is 5.56 Å². The van der Waals surface area contributed by atoms with Crippen LogP contribution >= 0.6 is 0 Å². The second kappa shape index (κ2) is 3.09. The van der Waals surface area contributed by atoms with E-state index in [1.807, 2.05) is 24.4 Å². The molecule has 2 nitrogen and oxygen atoms in total. The number of aliphatic imine (C=N–C) groups is 1. The third kappa shape index (κ3) is 1.22. The lowest BCUT2D eigenvalue weighted by atomic mass is 9.83. The van der Waals surface area contributed by atoms with Crippen molar-refractivity contribution >= 4 is 6.21 Å². The van der Waals surface area contributed by atoms with Crippen molar-refractivity contribution in [2.24, 2.45) is 4.99 Å². The minimum absolute atomic E-state index is 0.120. The Hall–Kier alpha value is -1.83. The number of hydrogen-bond acceptors (Lipinski definition) is 2. The molecule has 1 heterocycles. The van der Waals surface area contributed by atoms with Crippen LogP contribution in [0, 0.1) is 0 Å². The SMILES string of the molecule is OC1=CC=CC2c3ccccc3C=NC12. The fourth-order valence-electron chi connectivity index (χ4n) is 2.20. The van der Waals surface area contributed by atoms with Crippen molar-refractivity contribution in [3.63, 3.8) is 0 Å². The molecule has 2 aliphatic rings. The van der Waals surface area contributed by atoms with E-state index in [2.05, 4.69) is 23.2 Å². The first-order valence-electron chi connectivity index (χ1n) is 5.06. The third-order valence-corrected chi connectivity index (χ3v) is 2.96. The standard InChI is InChI=1S/C13H11NO/c15-12-7-3-6-11-10-5-2-1-4-9(10)8-14-13(11)12/h1-8,11,13,15H. The van der Waals surface area contributed by atoms with Gasteiger partial charge in [0.2, 0.25) is 0 Å². The summed E-state index contributed by atoms with van der Waals surface area (Å²) in [5.74, 6) is 0.546. The molecule has 1 aliphatic heterocycles. The summed E-state index contributed by atoms with van der Waals surface area (Å²) in [6, 6.07) is 8.07. The zero-order valence-corrected chi connectivity index (χ0v) is 8.17. The Balaban J connectivity index is 2.15. The van der Waals surface area contributed by atoms with E-state index in [4.69, 9.17) is 0 Å². The molecule has 1 aromatic carbocycles. The molecule has 0 amide bonds. The Morgan fingerprint density at radius 2 is 2.07 bits per heavy atom. The molecule has 2 heteroatoms. The Morgan fingerprint density at radius 1 is 1.20 bits per heavy atom. The van der Waals surface area contributed by atoms with E-state index in [9.17, 15) is 5.11 Å². The van der Waals surface area contributed by atoms with Crippen LogP contribution in [0.3, 0.4) is 0 Å². The summed E-state index contributed by atoms with van der Waals surface area (Å²) in [5, 5.41) is 9.73. The van der Waals surface area contributed by atoms with Crippen LogP contribution in [0.25, 0.3) is 0 Å². The Labute approximate surface area is 88.3 Å². The second-order valence-corrected chi connectivity index (χ2v) is 3.85. The number of hydrogen-bond donors (Lipinski definition) is 1. The molecule has 0 fully saturated rings. The summed E-state index contributed by atoms with van der Waals surface area (Å²) in [4.78, 5) is 4.38. The highest BCUT2D eigenvalue weighted by atomic mass is 16.3. The Kier molecular flexibility index (Phi) is 1.75. The number of benzene rings is 1. The minimum atomic E-state index is -0.120. The zero-order chi connectivity index (χ0) is 10.3. The van der Waals surface area contributed by atoms with E-state index in [1.54, 1.807) is 6.08 Å². The summed E-state index contributed by atoms with van der Waals surface area (Å²) in [6.45, 7) is 0. The lowest BCUT2D eigenvalue weighted by Crippen LogP contribution is -2.24. The Bertz CT molecular complexity index is 485. The summed E-state index contributed by atoms with van der Waals surface area (Å²) in [6.07, 6.45) is 7.56. The van der Waals surface area contributed by atoms with Crippen LogP contribution in [0.1, 0.15) is 17.0 Å². The lowest BCUT2D eigenvalue weighted by molar-refractivity contribution is 0.354.